The Labute approximate surface area is 156 Å². The van der Waals surface area contributed by atoms with Gasteiger partial charge in [-0.3, -0.25) is 10.2 Å². The molecule has 2 aliphatic heterocycles. The standard InChI is InChI=1S/C16H19F6N5O/c17-15(18,19)10-2-3-12(23-8-10)26-4-1-5-27(7-6-26)14(28)11-9-24-25-13(11)16(20,21)22/h2-3,8,11,13,24-25H,1,4-7,9H2. The van der Waals surface area contributed by atoms with Gasteiger partial charge in [-0.05, 0) is 18.6 Å². The van der Waals surface area contributed by atoms with Gasteiger partial charge in [-0.1, -0.05) is 0 Å². The van der Waals surface area contributed by atoms with Gasteiger partial charge in [0.1, 0.15) is 11.9 Å². The molecule has 2 unspecified atom stereocenters. The second-order valence-corrected chi connectivity index (χ2v) is 6.72. The summed E-state index contributed by atoms with van der Waals surface area (Å²) in [4.78, 5) is 19.5. The Bertz CT molecular complexity index is 692. The number of alkyl halides is 6. The molecule has 3 heterocycles. The van der Waals surface area contributed by atoms with E-state index in [9.17, 15) is 31.1 Å². The third-order valence-electron chi connectivity index (χ3n) is 4.86. The van der Waals surface area contributed by atoms with E-state index in [0.717, 1.165) is 12.3 Å². The fourth-order valence-electron chi connectivity index (χ4n) is 3.38. The van der Waals surface area contributed by atoms with Crippen LogP contribution in [0.3, 0.4) is 0 Å². The predicted molar refractivity (Wildman–Crippen MR) is 87.1 cm³/mol. The van der Waals surface area contributed by atoms with E-state index >= 15 is 0 Å². The van der Waals surface area contributed by atoms with Crippen molar-refractivity contribution in [1.82, 2.24) is 20.7 Å². The van der Waals surface area contributed by atoms with Crippen molar-refractivity contribution in [2.24, 2.45) is 5.92 Å². The van der Waals surface area contributed by atoms with Gasteiger partial charge in [0, 0.05) is 38.9 Å². The molecule has 0 aromatic carbocycles. The average molecular weight is 411 g/mol. The number of hydrogen-bond donors (Lipinski definition) is 2. The van der Waals surface area contributed by atoms with Crippen LogP contribution >= 0.6 is 0 Å². The molecule has 2 atom stereocenters. The van der Waals surface area contributed by atoms with Gasteiger partial charge >= 0.3 is 12.4 Å². The van der Waals surface area contributed by atoms with Crippen LogP contribution in [0.4, 0.5) is 32.2 Å². The molecule has 12 heteroatoms. The first-order valence-electron chi connectivity index (χ1n) is 8.69. The Kier molecular flexibility index (Phi) is 5.71. The van der Waals surface area contributed by atoms with Crippen molar-refractivity contribution in [3.8, 4) is 0 Å². The summed E-state index contributed by atoms with van der Waals surface area (Å²) >= 11 is 0. The first kappa shape index (κ1) is 20.6. The third kappa shape index (κ3) is 4.49. The molecule has 2 saturated heterocycles. The summed E-state index contributed by atoms with van der Waals surface area (Å²) in [6.45, 7) is 1.03. The number of carbonyl (C=O) groups is 1. The topological polar surface area (TPSA) is 60.5 Å². The summed E-state index contributed by atoms with van der Waals surface area (Å²) in [7, 11) is 0. The van der Waals surface area contributed by atoms with Crippen molar-refractivity contribution in [3.05, 3.63) is 23.9 Å². The molecule has 2 fully saturated rings. The number of carbonyl (C=O) groups excluding carboxylic acids is 1. The number of anilines is 1. The minimum atomic E-state index is -4.55. The summed E-state index contributed by atoms with van der Waals surface area (Å²) in [5.74, 6) is -1.52. The van der Waals surface area contributed by atoms with Gasteiger partial charge in [-0.2, -0.15) is 26.3 Å². The van der Waals surface area contributed by atoms with Crippen LogP contribution in [0.25, 0.3) is 0 Å². The molecule has 0 saturated carbocycles. The van der Waals surface area contributed by atoms with Crippen LogP contribution in [0.15, 0.2) is 18.3 Å². The van der Waals surface area contributed by atoms with E-state index in [-0.39, 0.29) is 26.2 Å². The molecule has 156 valence electrons. The van der Waals surface area contributed by atoms with Crippen LogP contribution in [0.5, 0.6) is 0 Å². The lowest BCUT2D eigenvalue weighted by molar-refractivity contribution is -0.170. The molecule has 1 amide bonds. The monoisotopic (exact) mass is 411 g/mol. The second kappa shape index (κ2) is 7.74. The number of halogens is 6. The highest BCUT2D eigenvalue weighted by molar-refractivity contribution is 5.80. The molecule has 2 aliphatic rings. The highest BCUT2D eigenvalue weighted by Crippen LogP contribution is 2.30. The number of hydrazine groups is 1. The number of rotatable bonds is 2. The van der Waals surface area contributed by atoms with Crippen LogP contribution in [0, 0.1) is 5.92 Å². The van der Waals surface area contributed by atoms with Crippen LogP contribution in [0.1, 0.15) is 12.0 Å². The van der Waals surface area contributed by atoms with E-state index in [0.29, 0.717) is 18.8 Å². The molecule has 1 aromatic rings. The lowest BCUT2D eigenvalue weighted by Gasteiger charge is -2.27. The minimum absolute atomic E-state index is 0.121. The zero-order valence-electron chi connectivity index (χ0n) is 14.6. The van der Waals surface area contributed by atoms with Crippen LogP contribution in [-0.2, 0) is 11.0 Å². The molecule has 0 spiro atoms. The molecule has 0 radical (unpaired) electrons. The van der Waals surface area contributed by atoms with E-state index in [2.05, 4.69) is 15.8 Å². The molecule has 3 rings (SSSR count). The number of nitrogens with one attached hydrogen (secondary N) is 2. The van der Waals surface area contributed by atoms with Crippen molar-refractivity contribution in [2.75, 3.05) is 37.6 Å². The number of pyridine rings is 1. The van der Waals surface area contributed by atoms with Crippen LogP contribution < -0.4 is 15.8 Å². The van der Waals surface area contributed by atoms with Gasteiger partial charge < -0.3 is 9.80 Å². The number of nitrogens with zero attached hydrogens (tertiary/aromatic N) is 3. The van der Waals surface area contributed by atoms with Crippen molar-refractivity contribution in [1.29, 1.82) is 0 Å². The molecule has 28 heavy (non-hydrogen) atoms. The molecule has 0 bridgehead atoms. The molecular formula is C16H19F6N5O. The average Bonchev–Trinajstić information content (AvgIpc) is 2.99. The van der Waals surface area contributed by atoms with Crippen LogP contribution in [0.2, 0.25) is 0 Å². The lowest BCUT2D eigenvalue weighted by Crippen LogP contribution is -2.49. The van der Waals surface area contributed by atoms with Gasteiger partial charge in [0.2, 0.25) is 5.91 Å². The molecular weight excluding hydrogens is 392 g/mol. The maximum atomic E-state index is 13.0. The highest BCUT2D eigenvalue weighted by atomic mass is 19.4. The lowest BCUT2D eigenvalue weighted by atomic mass is 10.00. The predicted octanol–water partition coefficient (Wildman–Crippen LogP) is 1.79. The largest absolute Gasteiger partial charge is 0.417 e. The molecule has 0 aliphatic carbocycles. The van der Waals surface area contributed by atoms with Gasteiger partial charge in [-0.25, -0.2) is 10.4 Å². The number of amides is 1. The minimum Gasteiger partial charge on any atom is -0.355 e. The second-order valence-electron chi connectivity index (χ2n) is 6.72. The Morgan fingerprint density at radius 3 is 2.43 bits per heavy atom. The Hall–Kier alpha value is -2.08. The maximum Gasteiger partial charge on any atom is 0.417 e. The Balaban J connectivity index is 1.64. The SMILES string of the molecule is O=C(C1CNNC1C(F)(F)F)N1CCCN(c2ccc(C(F)(F)F)cn2)CC1. The summed E-state index contributed by atoms with van der Waals surface area (Å²) in [5, 5.41) is 0. The van der Waals surface area contributed by atoms with Crippen LogP contribution in [-0.4, -0.2) is 60.7 Å². The molecule has 6 nitrogen and oxygen atoms in total. The Morgan fingerprint density at radius 2 is 1.82 bits per heavy atom. The summed E-state index contributed by atoms with van der Waals surface area (Å²) in [5.41, 5.74) is 3.63. The summed E-state index contributed by atoms with van der Waals surface area (Å²) in [6, 6.07) is 0.237. The fraction of sp³-hybridized carbons (Fsp3) is 0.625. The smallest absolute Gasteiger partial charge is 0.355 e. The zero-order chi connectivity index (χ0) is 20.5. The quantitative estimate of drug-likeness (QED) is 0.727. The van der Waals surface area contributed by atoms with Crippen molar-refractivity contribution in [2.45, 2.75) is 24.8 Å². The van der Waals surface area contributed by atoms with Crippen molar-refractivity contribution >= 4 is 11.7 Å². The third-order valence-corrected chi connectivity index (χ3v) is 4.86. The summed E-state index contributed by atoms with van der Waals surface area (Å²) < 4.78 is 77.1. The van der Waals surface area contributed by atoms with Gasteiger partial charge in [0.25, 0.3) is 0 Å². The molecule has 1 aromatic heterocycles. The fourth-order valence-corrected chi connectivity index (χ4v) is 3.38. The normalized spacial score (nSPS) is 24.4. The number of aromatic nitrogens is 1. The summed E-state index contributed by atoms with van der Waals surface area (Å²) in [6.07, 6.45) is -7.82. The van der Waals surface area contributed by atoms with Gasteiger partial charge in [-0.15, -0.1) is 0 Å². The molecule has 2 N–H and O–H groups in total. The van der Waals surface area contributed by atoms with Gasteiger partial charge in [0.05, 0.1) is 11.5 Å². The highest BCUT2D eigenvalue weighted by Gasteiger charge is 2.51. The van der Waals surface area contributed by atoms with E-state index in [1.807, 2.05) is 0 Å². The zero-order valence-corrected chi connectivity index (χ0v) is 14.6. The Morgan fingerprint density at radius 1 is 1.07 bits per heavy atom. The van der Waals surface area contributed by atoms with Gasteiger partial charge in [0.15, 0.2) is 0 Å². The van der Waals surface area contributed by atoms with E-state index in [4.69, 9.17) is 0 Å². The van der Waals surface area contributed by atoms with Crippen molar-refractivity contribution in [3.63, 3.8) is 0 Å². The van der Waals surface area contributed by atoms with Crippen molar-refractivity contribution < 1.29 is 31.1 Å². The van der Waals surface area contributed by atoms with E-state index in [1.54, 1.807) is 4.90 Å². The van der Waals surface area contributed by atoms with E-state index < -0.39 is 35.8 Å². The number of hydrogen-bond acceptors (Lipinski definition) is 5. The first-order chi connectivity index (χ1) is 13.1. The first-order valence-corrected chi connectivity index (χ1v) is 8.69. The van der Waals surface area contributed by atoms with E-state index in [1.165, 1.54) is 11.0 Å². The maximum absolute atomic E-state index is 13.0.